The molecular formula is C30H28FNO5. The van der Waals surface area contributed by atoms with E-state index in [1.807, 2.05) is 48.5 Å². The van der Waals surface area contributed by atoms with E-state index in [0.29, 0.717) is 29.2 Å². The second kappa shape index (κ2) is 11.6. The first-order valence-corrected chi connectivity index (χ1v) is 12.1. The zero-order valence-electron chi connectivity index (χ0n) is 21.0. The first-order valence-electron chi connectivity index (χ1n) is 12.1. The molecule has 0 bridgehead atoms. The maximum Gasteiger partial charge on any atom is 0.311 e. The summed E-state index contributed by atoms with van der Waals surface area (Å²) in [6.45, 7) is 5.56. The fourth-order valence-electron chi connectivity index (χ4n) is 4.08. The molecule has 1 heterocycles. The maximum atomic E-state index is 14.0. The van der Waals surface area contributed by atoms with Gasteiger partial charge in [-0.25, -0.2) is 4.39 Å². The van der Waals surface area contributed by atoms with Crippen molar-refractivity contribution < 1.29 is 28.0 Å². The lowest BCUT2D eigenvalue weighted by Gasteiger charge is -2.14. The van der Waals surface area contributed by atoms with Crippen LogP contribution in [0.25, 0.3) is 22.5 Å². The summed E-state index contributed by atoms with van der Waals surface area (Å²) in [7, 11) is 0. The zero-order chi connectivity index (χ0) is 26.4. The van der Waals surface area contributed by atoms with Gasteiger partial charge in [0.2, 0.25) is 0 Å². The smallest absolute Gasteiger partial charge is 0.311 e. The summed E-state index contributed by atoms with van der Waals surface area (Å²) in [5.41, 5.74) is 5.18. The van der Waals surface area contributed by atoms with Gasteiger partial charge in [-0.15, -0.1) is 0 Å². The van der Waals surface area contributed by atoms with E-state index in [-0.39, 0.29) is 18.8 Å². The molecule has 0 N–H and O–H groups in total. The van der Waals surface area contributed by atoms with Crippen molar-refractivity contribution in [2.75, 3.05) is 6.61 Å². The molecule has 6 nitrogen and oxygen atoms in total. The topological polar surface area (TPSA) is 78.6 Å². The van der Waals surface area contributed by atoms with Gasteiger partial charge in [-0.2, -0.15) is 0 Å². The van der Waals surface area contributed by atoms with E-state index >= 15 is 0 Å². The van der Waals surface area contributed by atoms with Crippen LogP contribution in [0.1, 0.15) is 42.3 Å². The standard InChI is InChI=1S/C30H28FNO5/c1-4-35-28(33)17-21-9-11-22(12-10-21)23-13-15-24(16-14-23)30-26(19(2)32-37-30)18-29(34)36-20(3)25-7-5-6-8-27(25)31/h5-16,20H,4,17-18H2,1-3H3/t20-/m1/s1. The zero-order valence-corrected chi connectivity index (χ0v) is 21.0. The van der Waals surface area contributed by atoms with Crippen LogP contribution in [0, 0.1) is 12.7 Å². The summed E-state index contributed by atoms with van der Waals surface area (Å²) in [6, 6.07) is 21.7. The normalized spacial score (nSPS) is 11.7. The fraction of sp³-hybridized carbons (Fsp3) is 0.233. The second-order valence-corrected chi connectivity index (χ2v) is 8.66. The van der Waals surface area contributed by atoms with Crippen molar-refractivity contribution in [3.05, 3.63) is 101 Å². The molecule has 0 fully saturated rings. The van der Waals surface area contributed by atoms with Crippen molar-refractivity contribution in [3.63, 3.8) is 0 Å². The lowest BCUT2D eigenvalue weighted by Crippen LogP contribution is -2.13. The van der Waals surface area contributed by atoms with Crippen LogP contribution in [0.2, 0.25) is 0 Å². The third kappa shape index (κ3) is 6.30. The highest BCUT2D eigenvalue weighted by molar-refractivity contribution is 5.78. The molecule has 0 spiro atoms. The third-order valence-electron chi connectivity index (χ3n) is 6.05. The Morgan fingerprint density at radius 1 is 0.892 bits per heavy atom. The molecule has 0 unspecified atom stereocenters. The average molecular weight is 502 g/mol. The van der Waals surface area contributed by atoms with Crippen LogP contribution in [0.5, 0.6) is 0 Å². The Morgan fingerprint density at radius 3 is 2.16 bits per heavy atom. The Kier molecular flexibility index (Phi) is 8.13. The van der Waals surface area contributed by atoms with Crippen molar-refractivity contribution in [1.29, 1.82) is 0 Å². The minimum absolute atomic E-state index is 0.0485. The number of hydrogen-bond donors (Lipinski definition) is 0. The summed E-state index contributed by atoms with van der Waals surface area (Å²) in [6.07, 6.45) is -0.532. The van der Waals surface area contributed by atoms with Crippen LogP contribution in [0.3, 0.4) is 0 Å². The molecule has 0 saturated heterocycles. The number of aromatic nitrogens is 1. The lowest BCUT2D eigenvalue weighted by atomic mass is 9.99. The van der Waals surface area contributed by atoms with E-state index in [4.69, 9.17) is 14.0 Å². The van der Waals surface area contributed by atoms with Crippen molar-refractivity contribution >= 4 is 11.9 Å². The van der Waals surface area contributed by atoms with Gasteiger partial charge < -0.3 is 14.0 Å². The van der Waals surface area contributed by atoms with Gasteiger partial charge in [0.05, 0.1) is 25.1 Å². The van der Waals surface area contributed by atoms with Gasteiger partial charge in [0.15, 0.2) is 5.76 Å². The quantitative estimate of drug-likeness (QED) is 0.247. The molecule has 0 amide bonds. The summed E-state index contributed by atoms with van der Waals surface area (Å²) >= 11 is 0. The SMILES string of the molecule is CCOC(=O)Cc1ccc(-c2ccc(-c3onc(C)c3CC(=O)O[C@H](C)c3ccccc3F)cc2)cc1. The molecule has 4 aromatic rings. The summed E-state index contributed by atoms with van der Waals surface area (Å²) in [4.78, 5) is 24.4. The molecule has 37 heavy (non-hydrogen) atoms. The molecule has 0 saturated carbocycles. The van der Waals surface area contributed by atoms with Gasteiger partial charge in [-0.05, 0) is 43.5 Å². The highest BCUT2D eigenvalue weighted by atomic mass is 19.1. The van der Waals surface area contributed by atoms with Gasteiger partial charge in [0.25, 0.3) is 0 Å². The minimum atomic E-state index is -0.722. The summed E-state index contributed by atoms with van der Waals surface area (Å²) in [5.74, 6) is -0.672. The van der Waals surface area contributed by atoms with Crippen LogP contribution >= 0.6 is 0 Å². The van der Waals surface area contributed by atoms with Crippen LogP contribution in [-0.2, 0) is 31.9 Å². The lowest BCUT2D eigenvalue weighted by molar-refractivity contribution is -0.148. The van der Waals surface area contributed by atoms with Crippen LogP contribution < -0.4 is 0 Å². The number of esters is 2. The Labute approximate surface area is 215 Å². The molecule has 7 heteroatoms. The van der Waals surface area contributed by atoms with E-state index in [0.717, 1.165) is 22.3 Å². The fourth-order valence-corrected chi connectivity index (χ4v) is 4.08. The number of carbonyl (C=O) groups excluding carboxylic acids is 2. The van der Waals surface area contributed by atoms with Crippen LogP contribution in [0.4, 0.5) is 4.39 Å². The predicted octanol–water partition coefficient (Wildman–Crippen LogP) is 6.41. The molecule has 3 aromatic carbocycles. The molecule has 1 aromatic heterocycles. The number of hydrogen-bond acceptors (Lipinski definition) is 6. The van der Waals surface area contributed by atoms with Crippen LogP contribution in [0.15, 0.2) is 77.3 Å². The largest absolute Gasteiger partial charge is 0.466 e. The third-order valence-corrected chi connectivity index (χ3v) is 6.05. The molecule has 0 aliphatic carbocycles. The van der Waals surface area contributed by atoms with Crippen LogP contribution in [-0.4, -0.2) is 23.7 Å². The number of benzene rings is 3. The van der Waals surface area contributed by atoms with E-state index in [1.165, 1.54) is 6.07 Å². The van der Waals surface area contributed by atoms with Crippen molar-refractivity contribution in [2.45, 2.75) is 39.7 Å². The summed E-state index contributed by atoms with van der Waals surface area (Å²) in [5, 5.41) is 4.04. The van der Waals surface area contributed by atoms with Gasteiger partial charge in [0, 0.05) is 16.7 Å². The molecule has 190 valence electrons. The first kappa shape index (κ1) is 25.8. The maximum absolute atomic E-state index is 14.0. The molecule has 1 atom stereocenters. The van der Waals surface area contributed by atoms with E-state index in [9.17, 15) is 14.0 Å². The molecule has 0 radical (unpaired) electrons. The Balaban J connectivity index is 1.45. The Bertz CT molecular complexity index is 1380. The molecule has 0 aliphatic rings. The molecular weight excluding hydrogens is 473 g/mol. The summed E-state index contributed by atoms with van der Waals surface area (Å²) < 4.78 is 30.1. The van der Waals surface area contributed by atoms with E-state index < -0.39 is 17.9 Å². The highest BCUT2D eigenvalue weighted by Crippen LogP contribution is 2.30. The van der Waals surface area contributed by atoms with Gasteiger partial charge in [-0.1, -0.05) is 71.9 Å². The predicted molar refractivity (Wildman–Crippen MR) is 137 cm³/mol. The number of halogens is 1. The van der Waals surface area contributed by atoms with E-state index in [2.05, 4.69) is 5.16 Å². The first-order chi connectivity index (χ1) is 17.9. The molecule has 4 rings (SSSR count). The Morgan fingerprint density at radius 2 is 1.51 bits per heavy atom. The second-order valence-electron chi connectivity index (χ2n) is 8.66. The van der Waals surface area contributed by atoms with Crippen molar-refractivity contribution in [3.8, 4) is 22.5 Å². The number of aryl methyl sites for hydroxylation is 1. The minimum Gasteiger partial charge on any atom is -0.466 e. The van der Waals surface area contributed by atoms with Gasteiger partial charge >= 0.3 is 11.9 Å². The average Bonchev–Trinajstić information content (AvgIpc) is 3.24. The molecule has 0 aliphatic heterocycles. The number of rotatable bonds is 9. The number of nitrogens with zero attached hydrogens (tertiary/aromatic N) is 1. The van der Waals surface area contributed by atoms with Crippen molar-refractivity contribution in [2.24, 2.45) is 0 Å². The number of ether oxygens (including phenoxy) is 2. The van der Waals surface area contributed by atoms with Gasteiger partial charge in [-0.3, -0.25) is 9.59 Å². The highest BCUT2D eigenvalue weighted by Gasteiger charge is 2.21. The number of carbonyl (C=O) groups is 2. The van der Waals surface area contributed by atoms with E-state index in [1.54, 1.807) is 39.0 Å². The van der Waals surface area contributed by atoms with Gasteiger partial charge in [0.1, 0.15) is 11.9 Å². The monoisotopic (exact) mass is 501 g/mol. The van der Waals surface area contributed by atoms with Crippen molar-refractivity contribution in [1.82, 2.24) is 5.16 Å². The Hall–Kier alpha value is -4.26.